The Morgan fingerprint density at radius 3 is 1.91 bits per heavy atom. The van der Waals surface area contributed by atoms with Crippen LogP contribution in [-0.2, 0) is 0 Å². The third-order valence-electron chi connectivity index (χ3n) is 6.38. The first kappa shape index (κ1) is 18.6. The van der Waals surface area contributed by atoms with Crippen LogP contribution in [0.2, 0.25) is 5.02 Å². The molecular formula is C30H17ClO2. The van der Waals surface area contributed by atoms with Crippen molar-refractivity contribution in [2.24, 2.45) is 0 Å². The molecule has 7 aromatic rings. The summed E-state index contributed by atoms with van der Waals surface area (Å²) in [6.07, 6.45) is 0. The number of hydrogen-bond donors (Lipinski definition) is 0. The van der Waals surface area contributed by atoms with E-state index in [9.17, 15) is 0 Å². The van der Waals surface area contributed by atoms with E-state index in [0.29, 0.717) is 5.02 Å². The molecule has 0 atom stereocenters. The summed E-state index contributed by atoms with van der Waals surface area (Å²) in [6.45, 7) is 0. The van der Waals surface area contributed by atoms with Crippen LogP contribution in [0.5, 0.6) is 0 Å². The fourth-order valence-corrected chi connectivity index (χ4v) is 4.99. The maximum absolute atomic E-state index is 6.44. The molecule has 5 aromatic carbocycles. The lowest BCUT2D eigenvalue weighted by molar-refractivity contribution is 0.669. The lowest BCUT2D eigenvalue weighted by atomic mass is 9.94. The highest BCUT2D eigenvalue weighted by Crippen LogP contribution is 2.44. The molecule has 7 rings (SSSR count). The molecule has 33 heavy (non-hydrogen) atoms. The number of para-hydroxylation sites is 3. The minimum atomic E-state index is 0.716. The summed E-state index contributed by atoms with van der Waals surface area (Å²) in [5.41, 5.74) is 7.78. The Labute approximate surface area is 194 Å². The largest absolute Gasteiger partial charge is 0.455 e. The Balaban J connectivity index is 1.60. The van der Waals surface area contributed by atoms with Gasteiger partial charge in [-0.05, 0) is 41.5 Å². The van der Waals surface area contributed by atoms with Crippen molar-refractivity contribution in [3.63, 3.8) is 0 Å². The molecule has 2 aromatic heterocycles. The van der Waals surface area contributed by atoms with E-state index >= 15 is 0 Å². The minimum absolute atomic E-state index is 0.716. The zero-order chi connectivity index (χ0) is 21.9. The maximum atomic E-state index is 6.44. The average molecular weight is 445 g/mol. The molecule has 2 heterocycles. The van der Waals surface area contributed by atoms with E-state index < -0.39 is 0 Å². The predicted molar refractivity (Wildman–Crippen MR) is 137 cm³/mol. The van der Waals surface area contributed by atoms with Crippen molar-refractivity contribution in [3.05, 3.63) is 108 Å². The van der Waals surface area contributed by atoms with Gasteiger partial charge in [-0.2, -0.15) is 0 Å². The van der Waals surface area contributed by atoms with Gasteiger partial charge in [-0.25, -0.2) is 0 Å². The smallest absolute Gasteiger partial charge is 0.143 e. The number of hydrogen-bond acceptors (Lipinski definition) is 2. The first-order valence-electron chi connectivity index (χ1n) is 10.9. The van der Waals surface area contributed by atoms with Crippen molar-refractivity contribution in [1.82, 2.24) is 0 Å². The number of halogens is 1. The third kappa shape index (κ3) is 2.75. The van der Waals surface area contributed by atoms with Crippen molar-refractivity contribution in [1.29, 1.82) is 0 Å². The highest BCUT2D eigenvalue weighted by molar-refractivity contribution is 6.30. The molecule has 0 saturated carbocycles. The van der Waals surface area contributed by atoms with Gasteiger partial charge in [0.25, 0.3) is 0 Å². The molecule has 0 radical (unpaired) electrons. The van der Waals surface area contributed by atoms with Gasteiger partial charge in [0.15, 0.2) is 0 Å². The van der Waals surface area contributed by atoms with Gasteiger partial charge in [-0.15, -0.1) is 0 Å². The predicted octanol–water partition coefficient (Wildman–Crippen LogP) is 9.47. The number of furan rings is 2. The second-order valence-corrected chi connectivity index (χ2v) is 8.69. The quantitative estimate of drug-likeness (QED) is 0.265. The number of rotatable bonds is 2. The van der Waals surface area contributed by atoms with Crippen LogP contribution in [0.3, 0.4) is 0 Å². The van der Waals surface area contributed by atoms with Crippen LogP contribution in [0.15, 0.2) is 112 Å². The summed E-state index contributed by atoms with van der Waals surface area (Å²) in [7, 11) is 0. The Kier molecular flexibility index (Phi) is 3.93. The van der Waals surface area contributed by atoms with Gasteiger partial charge in [-0.3, -0.25) is 0 Å². The molecule has 0 unspecified atom stereocenters. The van der Waals surface area contributed by atoms with Gasteiger partial charge in [0.05, 0.1) is 0 Å². The Bertz CT molecular complexity index is 1820. The van der Waals surface area contributed by atoms with Crippen LogP contribution in [0.4, 0.5) is 0 Å². The molecule has 0 aliphatic carbocycles. The van der Waals surface area contributed by atoms with Gasteiger partial charge < -0.3 is 8.83 Å². The van der Waals surface area contributed by atoms with Crippen LogP contribution >= 0.6 is 11.6 Å². The molecule has 0 aliphatic heterocycles. The van der Waals surface area contributed by atoms with E-state index in [4.69, 9.17) is 20.4 Å². The third-order valence-corrected chi connectivity index (χ3v) is 6.63. The molecule has 0 N–H and O–H groups in total. The summed E-state index contributed by atoms with van der Waals surface area (Å²) < 4.78 is 12.8. The molecule has 0 aliphatic rings. The van der Waals surface area contributed by atoms with Crippen LogP contribution in [-0.4, -0.2) is 0 Å². The maximum Gasteiger partial charge on any atom is 0.143 e. The summed E-state index contributed by atoms with van der Waals surface area (Å²) in [5, 5.41) is 5.14. The highest BCUT2D eigenvalue weighted by Gasteiger charge is 2.20. The second kappa shape index (κ2) is 6.99. The molecular weight excluding hydrogens is 428 g/mol. The molecule has 0 bridgehead atoms. The average Bonchev–Trinajstić information content (AvgIpc) is 3.43. The van der Waals surface area contributed by atoms with Gasteiger partial charge in [0, 0.05) is 37.7 Å². The van der Waals surface area contributed by atoms with Crippen LogP contribution < -0.4 is 0 Å². The Morgan fingerprint density at radius 2 is 1.09 bits per heavy atom. The normalized spacial score (nSPS) is 11.8. The molecule has 0 saturated heterocycles. The van der Waals surface area contributed by atoms with E-state index in [1.165, 1.54) is 0 Å². The zero-order valence-corrected chi connectivity index (χ0v) is 18.3. The summed E-state index contributed by atoms with van der Waals surface area (Å²) in [6, 6.07) is 34.9. The summed E-state index contributed by atoms with van der Waals surface area (Å²) in [4.78, 5) is 0. The van der Waals surface area contributed by atoms with Gasteiger partial charge in [-0.1, -0.05) is 84.4 Å². The fourth-order valence-electron chi connectivity index (χ4n) is 4.87. The van der Waals surface area contributed by atoms with Crippen LogP contribution in [0.25, 0.3) is 66.1 Å². The van der Waals surface area contributed by atoms with Gasteiger partial charge >= 0.3 is 0 Å². The second-order valence-electron chi connectivity index (χ2n) is 8.25. The lowest BCUT2D eigenvalue weighted by Crippen LogP contribution is -1.85. The monoisotopic (exact) mass is 444 g/mol. The van der Waals surface area contributed by atoms with E-state index in [-0.39, 0.29) is 0 Å². The first-order valence-corrected chi connectivity index (χ1v) is 11.3. The van der Waals surface area contributed by atoms with Crippen molar-refractivity contribution in [2.45, 2.75) is 0 Å². The molecule has 156 valence electrons. The van der Waals surface area contributed by atoms with E-state index in [0.717, 1.165) is 66.1 Å². The van der Waals surface area contributed by atoms with Crippen molar-refractivity contribution in [3.8, 4) is 22.3 Å². The Morgan fingerprint density at radius 1 is 0.455 bits per heavy atom. The standard InChI is InChI=1S/C30H17ClO2/c31-19-14-12-18(13-15-19)20-16-17-22(28-25-7-2-4-11-27(25)33-30(20)28)24-9-5-8-23-21-6-1-3-10-26(21)32-29(23)24/h1-17H. The van der Waals surface area contributed by atoms with Crippen LogP contribution in [0, 0.1) is 0 Å². The molecule has 0 fully saturated rings. The van der Waals surface area contributed by atoms with Crippen LogP contribution in [0.1, 0.15) is 0 Å². The summed E-state index contributed by atoms with van der Waals surface area (Å²) >= 11 is 6.14. The molecule has 2 nitrogen and oxygen atoms in total. The summed E-state index contributed by atoms with van der Waals surface area (Å²) in [5.74, 6) is 0. The van der Waals surface area contributed by atoms with E-state index in [1.807, 2.05) is 54.6 Å². The Hall–Kier alpha value is -4.01. The molecule has 3 heteroatoms. The number of benzene rings is 5. The number of fused-ring (bicyclic) bond motifs is 6. The van der Waals surface area contributed by atoms with E-state index in [2.05, 4.69) is 48.5 Å². The minimum Gasteiger partial charge on any atom is -0.455 e. The molecule has 0 spiro atoms. The first-order chi connectivity index (χ1) is 16.3. The molecule has 0 amide bonds. The van der Waals surface area contributed by atoms with Gasteiger partial charge in [0.1, 0.15) is 22.3 Å². The topological polar surface area (TPSA) is 26.3 Å². The zero-order valence-electron chi connectivity index (χ0n) is 17.5. The lowest BCUT2D eigenvalue weighted by Gasteiger charge is -2.09. The highest BCUT2D eigenvalue weighted by atomic mass is 35.5. The van der Waals surface area contributed by atoms with Crippen molar-refractivity contribution >= 4 is 55.5 Å². The SMILES string of the molecule is Clc1ccc(-c2ccc(-c3cccc4c3oc3ccccc34)c3c2oc2ccccc23)cc1. The van der Waals surface area contributed by atoms with Crippen molar-refractivity contribution in [2.75, 3.05) is 0 Å². The van der Waals surface area contributed by atoms with Gasteiger partial charge in [0.2, 0.25) is 0 Å². The fraction of sp³-hybridized carbons (Fsp3) is 0. The van der Waals surface area contributed by atoms with E-state index in [1.54, 1.807) is 0 Å². The van der Waals surface area contributed by atoms with Crippen molar-refractivity contribution < 1.29 is 8.83 Å².